The predicted octanol–water partition coefficient (Wildman–Crippen LogP) is 3.46. The molecule has 2 aromatic carbocycles. The van der Waals surface area contributed by atoms with Crippen molar-refractivity contribution < 1.29 is 9.53 Å². The van der Waals surface area contributed by atoms with Crippen LogP contribution in [-0.2, 0) is 22.5 Å². The fourth-order valence-electron chi connectivity index (χ4n) is 2.48. The summed E-state index contributed by atoms with van der Waals surface area (Å²) in [6.07, 6.45) is 2.22. The lowest BCUT2D eigenvalue weighted by atomic mass is 10.0. The second-order valence-corrected chi connectivity index (χ2v) is 5.52. The van der Waals surface area contributed by atoms with Crippen molar-refractivity contribution in [2.24, 2.45) is 0 Å². The lowest BCUT2D eigenvalue weighted by Crippen LogP contribution is -2.41. The maximum atomic E-state index is 12.4. The smallest absolute Gasteiger partial charge is 0.324 e. The summed E-state index contributed by atoms with van der Waals surface area (Å²) in [6, 6.07) is 19.8. The molecule has 0 aliphatic heterocycles. The third-order valence-electron chi connectivity index (χ3n) is 3.69. The number of rotatable bonds is 8. The van der Waals surface area contributed by atoms with E-state index in [0.29, 0.717) is 13.0 Å². The molecule has 23 heavy (non-hydrogen) atoms. The highest BCUT2D eigenvalue weighted by Gasteiger charge is 2.25. The van der Waals surface area contributed by atoms with Crippen LogP contribution in [0, 0.1) is 0 Å². The van der Waals surface area contributed by atoms with E-state index < -0.39 is 0 Å². The van der Waals surface area contributed by atoms with Crippen LogP contribution >= 0.6 is 0 Å². The molecule has 0 saturated carbocycles. The number of ether oxygens (including phenoxy) is 1. The van der Waals surface area contributed by atoms with Crippen LogP contribution in [0.25, 0.3) is 0 Å². The summed E-state index contributed by atoms with van der Waals surface area (Å²) in [4.78, 5) is 14.5. The first kappa shape index (κ1) is 17.0. The van der Waals surface area contributed by atoms with Gasteiger partial charge in [-0.1, -0.05) is 73.3 Å². The van der Waals surface area contributed by atoms with Crippen molar-refractivity contribution in [1.29, 1.82) is 0 Å². The standard InChI is InChI=1S/C20H23NO2/c1-3-14-23-20(22)19(15-17-10-6-4-7-11-17)21(2)16-18-12-8-5-9-13-18/h3-13,19H,1,14-16H2,2H3/t19-/m0/s1. The van der Waals surface area contributed by atoms with E-state index in [1.807, 2.05) is 60.5 Å². The zero-order chi connectivity index (χ0) is 16.5. The Labute approximate surface area is 138 Å². The van der Waals surface area contributed by atoms with Crippen molar-refractivity contribution in [2.75, 3.05) is 13.7 Å². The van der Waals surface area contributed by atoms with Gasteiger partial charge in [0, 0.05) is 6.54 Å². The quantitative estimate of drug-likeness (QED) is 0.552. The van der Waals surface area contributed by atoms with Crippen molar-refractivity contribution in [1.82, 2.24) is 4.90 Å². The van der Waals surface area contributed by atoms with Crippen LogP contribution < -0.4 is 0 Å². The summed E-state index contributed by atoms with van der Waals surface area (Å²) < 4.78 is 5.29. The molecule has 0 heterocycles. The van der Waals surface area contributed by atoms with Gasteiger partial charge in [0.25, 0.3) is 0 Å². The van der Waals surface area contributed by atoms with Gasteiger partial charge in [-0.25, -0.2) is 0 Å². The molecule has 2 aromatic rings. The Bertz CT molecular complexity index is 610. The average molecular weight is 309 g/mol. The number of esters is 1. The van der Waals surface area contributed by atoms with E-state index >= 15 is 0 Å². The fourth-order valence-corrected chi connectivity index (χ4v) is 2.48. The van der Waals surface area contributed by atoms with Gasteiger partial charge < -0.3 is 4.74 Å². The van der Waals surface area contributed by atoms with Gasteiger partial charge >= 0.3 is 5.97 Å². The van der Waals surface area contributed by atoms with Gasteiger partial charge in [-0.3, -0.25) is 9.69 Å². The molecule has 2 rings (SSSR count). The first-order valence-electron chi connectivity index (χ1n) is 7.76. The normalized spacial score (nSPS) is 11.9. The van der Waals surface area contributed by atoms with Crippen LogP contribution in [0.5, 0.6) is 0 Å². The molecule has 0 bridgehead atoms. The topological polar surface area (TPSA) is 29.5 Å². The number of likely N-dealkylation sites (N-methyl/N-ethyl adjacent to an activating group) is 1. The molecule has 0 aromatic heterocycles. The number of benzene rings is 2. The van der Waals surface area contributed by atoms with Gasteiger partial charge in [-0.05, 0) is 24.6 Å². The van der Waals surface area contributed by atoms with E-state index in [1.165, 1.54) is 5.56 Å². The molecule has 0 spiro atoms. The summed E-state index contributed by atoms with van der Waals surface area (Å²) in [5.74, 6) is -0.216. The van der Waals surface area contributed by atoms with Crippen molar-refractivity contribution in [3.63, 3.8) is 0 Å². The van der Waals surface area contributed by atoms with Crippen molar-refractivity contribution in [3.05, 3.63) is 84.4 Å². The molecule has 3 nitrogen and oxygen atoms in total. The van der Waals surface area contributed by atoms with Gasteiger partial charge in [0.05, 0.1) is 0 Å². The van der Waals surface area contributed by atoms with Crippen LogP contribution in [0.2, 0.25) is 0 Å². The second-order valence-electron chi connectivity index (χ2n) is 5.52. The van der Waals surface area contributed by atoms with Crippen molar-refractivity contribution >= 4 is 5.97 Å². The molecular weight excluding hydrogens is 286 g/mol. The Morgan fingerprint density at radius 1 is 1.09 bits per heavy atom. The first-order valence-corrected chi connectivity index (χ1v) is 7.76. The molecule has 120 valence electrons. The highest BCUT2D eigenvalue weighted by atomic mass is 16.5. The van der Waals surface area contributed by atoms with Gasteiger partial charge in [0.1, 0.15) is 12.6 Å². The molecule has 0 amide bonds. The average Bonchev–Trinajstić information content (AvgIpc) is 2.59. The van der Waals surface area contributed by atoms with E-state index in [4.69, 9.17) is 4.74 Å². The molecular formula is C20H23NO2. The Morgan fingerprint density at radius 3 is 2.22 bits per heavy atom. The number of carbonyl (C=O) groups excluding carboxylic acids is 1. The zero-order valence-corrected chi connectivity index (χ0v) is 13.5. The maximum Gasteiger partial charge on any atom is 0.324 e. The van der Waals surface area contributed by atoms with E-state index in [-0.39, 0.29) is 18.6 Å². The fraction of sp³-hybridized carbons (Fsp3) is 0.250. The summed E-state index contributed by atoms with van der Waals surface area (Å²) >= 11 is 0. The molecule has 0 N–H and O–H groups in total. The highest BCUT2D eigenvalue weighted by Crippen LogP contribution is 2.13. The molecule has 0 aliphatic carbocycles. The SMILES string of the molecule is C=CCOC(=O)[C@H](Cc1ccccc1)N(C)Cc1ccccc1. The van der Waals surface area contributed by atoms with Crippen LogP contribution in [-0.4, -0.2) is 30.6 Å². The summed E-state index contributed by atoms with van der Waals surface area (Å²) in [5, 5.41) is 0. The van der Waals surface area contributed by atoms with Crippen molar-refractivity contribution in [3.8, 4) is 0 Å². The van der Waals surface area contributed by atoms with Crippen LogP contribution in [0.4, 0.5) is 0 Å². The zero-order valence-electron chi connectivity index (χ0n) is 13.5. The third-order valence-corrected chi connectivity index (χ3v) is 3.69. The summed E-state index contributed by atoms with van der Waals surface area (Å²) in [6.45, 7) is 4.53. The Morgan fingerprint density at radius 2 is 1.65 bits per heavy atom. The summed E-state index contributed by atoms with van der Waals surface area (Å²) in [5.41, 5.74) is 2.29. The second kappa shape index (κ2) is 8.91. The Hall–Kier alpha value is -2.39. The van der Waals surface area contributed by atoms with Gasteiger partial charge in [0.2, 0.25) is 0 Å². The van der Waals surface area contributed by atoms with Crippen LogP contribution in [0.3, 0.4) is 0 Å². The highest BCUT2D eigenvalue weighted by molar-refractivity contribution is 5.76. The summed E-state index contributed by atoms with van der Waals surface area (Å²) in [7, 11) is 1.95. The largest absolute Gasteiger partial charge is 0.460 e. The molecule has 0 saturated heterocycles. The molecule has 1 atom stereocenters. The number of carbonyl (C=O) groups is 1. The van der Waals surface area contributed by atoms with Crippen LogP contribution in [0.1, 0.15) is 11.1 Å². The first-order chi connectivity index (χ1) is 11.2. The minimum Gasteiger partial charge on any atom is -0.460 e. The van der Waals surface area contributed by atoms with Gasteiger partial charge in [0.15, 0.2) is 0 Å². The Kier molecular flexibility index (Phi) is 6.57. The lowest BCUT2D eigenvalue weighted by molar-refractivity contribution is -0.148. The molecule has 0 aliphatic rings. The van der Waals surface area contributed by atoms with E-state index in [2.05, 4.69) is 18.7 Å². The Balaban J connectivity index is 2.11. The number of hydrogen-bond donors (Lipinski definition) is 0. The number of nitrogens with zero attached hydrogens (tertiary/aromatic N) is 1. The van der Waals surface area contributed by atoms with Crippen molar-refractivity contribution in [2.45, 2.75) is 19.0 Å². The van der Waals surface area contributed by atoms with Gasteiger partial charge in [-0.15, -0.1) is 0 Å². The monoisotopic (exact) mass is 309 g/mol. The number of hydrogen-bond acceptors (Lipinski definition) is 3. The minimum atomic E-state index is -0.322. The molecule has 0 unspecified atom stereocenters. The van der Waals surface area contributed by atoms with Crippen LogP contribution in [0.15, 0.2) is 73.3 Å². The molecule has 3 heteroatoms. The van der Waals surface area contributed by atoms with E-state index in [0.717, 1.165) is 5.56 Å². The van der Waals surface area contributed by atoms with E-state index in [1.54, 1.807) is 6.08 Å². The van der Waals surface area contributed by atoms with E-state index in [9.17, 15) is 4.79 Å². The lowest BCUT2D eigenvalue weighted by Gasteiger charge is -2.26. The maximum absolute atomic E-state index is 12.4. The predicted molar refractivity (Wildman–Crippen MR) is 93.0 cm³/mol. The molecule has 0 fully saturated rings. The van der Waals surface area contributed by atoms with Gasteiger partial charge in [-0.2, -0.15) is 0 Å². The minimum absolute atomic E-state index is 0.216. The molecule has 0 radical (unpaired) electrons. The third kappa shape index (κ3) is 5.38.